The lowest BCUT2D eigenvalue weighted by Crippen LogP contribution is -2.10. The Morgan fingerprint density at radius 1 is 0.333 bits per heavy atom. The van der Waals surface area contributed by atoms with Crippen molar-refractivity contribution in [2.45, 2.75) is 0 Å². The molecule has 1 aromatic heterocycles. The lowest BCUT2D eigenvalue weighted by atomic mass is 9.90. The summed E-state index contributed by atoms with van der Waals surface area (Å²) in [6.45, 7) is 0. The van der Waals surface area contributed by atoms with Gasteiger partial charge < -0.3 is 9.32 Å². The summed E-state index contributed by atoms with van der Waals surface area (Å²) in [6.07, 6.45) is 0. The molecule has 0 unspecified atom stereocenters. The van der Waals surface area contributed by atoms with Crippen LogP contribution in [0.15, 0.2) is 205 Å². The quantitative estimate of drug-likeness (QED) is 0.168. The molecule has 1 heterocycles. The standard InChI is InChI=1S/C52H33NO/c1-2-12-34(13-3-1)38-16-10-17-41(32-38)53(48-23-11-22-46-51-43-19-7-5-15-36(43)28-31-49(51)54-52(46)48)40-29-26-37(27-30-40)47-33-39-25-24-35-14-4-6-18-42(35)50(39)45-21-9-8-20-44(45)47/h1-33H. The molecule has 2 nitrogen and oxygen atoms in total. The molecule has 11 aromatic rings. The van der Waals surface area contributed by atoms with Gasteiger partial charge in [-0.2, -0.15) is 0 Å². The summed E-state index contributed by atoms with van der Waals surface area (Å²) in [7, 11) is 0. The van der Waals surface area contributed by atoms with Crippen LogP contribution in [0.2, 0.25) is 0 Å². The Kier molecular flexibility index (Phi) is 6.90. The molecule has 11 rings (SSSR count). The summed E-state index contributed by atoms with van der Waals surface area (Å²) >= 11 is 0. The molecule has 0 radical (unpaired) electrons. The number of anilines is 3. The van der Waals surface area contributed by atoms with Gasteiger partial charge in [0, 0.05) is 22.1 Å². The van der Waals surface area contributed by atoms with Gasteiger partial charge in [0.2, 0.25) is 0 Å². The maximum atomic E-state index is 6.80. The third-order valence-corrected chi connectivity index (χ3v) is 11.0. The largest absolute Gasteiger partial charge is 0.454 e. The molecule has 252 valence electrons. The third-order valence-electron chi connectivity index (χ3n) is 11.0. The van der Waals surface area contributed by atoms with Gasteiger partial charge in [-0.3, -0.25) is 0 Å². The number of furan rings is 1. The van der Waals surface area contributed by atoms with Crippen molar-refractivity contribution in [3.8, 4) is 22.3 Å². The topological polar surface area (TPSA) is 16.4 Å². The second-order valence-corrected chi connectivity index (χ2v) is 14.1. The maximum Gasteiger partial charge on any atom is 0.159 e. The Labute approximate surface area is 312 Å². The van der Waals surface area contributed by atoms with Gasteiger partial charge in [0.1, 0.15) is 5.58 Å². The highest BCUT2D eigenvalue weighted by Gasteiger charge is 2.21. The van der Waals surface area contributed by atoms with Gasteiger partial charge >= 0.3 is 0 Å². The molecular formula is C52H33NO. The summed E-state index contributed by atoms with van der Waals surface area (Å²) in [5.41, 5.74) is 9.61. The van der Waals surface area contributed by atoms with Crippen molar-refractivity contribution in [1.82, 2.24) is 0 Å². The molecule has 0 fully saturated rings. The van der Waals surface area contributed by atoms with Crippen LogP contribution in [0.3, 0.4) is 0 Å². The fraction of sp³-hybridized carbons (Fsp3) is 0. The number of hydrogen-bond acceptors (Lipinski definition) is 2. The minimum Gasteiger partial charge on any atom is -0.454 e. The van der Waals surface area contributed by atoms with Crippen molar-refractivity contribution < 1.29 is 4.42 Å². The summed E-state index contributed by atoms with van der Waals surface area (Å²) in [4.78, 5) is 2.34. The van der Waals surface area contributed by atoms with Crippen LogP contribution in [0.1, 0.15) is 0 Å². The first-order valence-electron chi connectivity index (χ1n) is 18.5. The molecule has 0 aliphatic heterocycles. The number of rotatable bonds is 5. The molecule has 0 N–H and O–H groups in total. The Morgan fingerprint density at radius 3 is 1.74 bits per heavy atom. The normalized spacial score (nSPS) is 11.7. The number of nitrogens with zero attached hydrogens (tertiary/aromatic N) is 1. The zero-order valence-corrected chi connectivity index (χ0v) is 29.4. The van der Waals surface area contributed by atoms with Crippen LogP contribution in [0.4, 0.5) is 17.1 Å². The Bertz CT molecular complexity index is 3210. The minimum atomic E-state index is 0.866. The van der Waals surface area contributed by atoms with Gasteiger partial charge in [0.15, 0.2) is 5.58 Å². The van der Waals surface area contributed by atoms with Crippen LogP contribution in [0, 0.1) is 0 Å². The monoisotopic (exact) mass is 687 g/mol. The number of para-hydroxylation sites is 1. The molecule has 10 aromatic carbocycles. The molecule has 2 heteroatoms. The van der Waals surface area contributed by atoms with Gasteiger partial charge in [-0.05, 0) is 108 Å². The van der Waals surface area contributed by atoms with Gasteiger partial charge in [0.05, 0.1) is 5.69 Å². The van der Waals surface area contributed by atoms with E-state index >= 15 is 0 Å². The van der Waals surface area contributed by atoms with E-state index in [1.165, 1.54) is 59.8 Å². The summed E-state index contributed by atoms with van der Waals surface area (Å²) in [5, 5.41) is 12.3. The summed E-state index contributed by atoms with van der Waals surface area (Å²) < 4.78 is 6.80. The van der Waals surface area contributed by atoms with E-state index < -0.39 is 0 Å². The fourth-order valence-corrected chi connectivity index (χ4v) is 8.52. The van der Waals surface area contributed by atoms with E-state index in [2.05, 4.69) is 205 Å². The van der Waals surface area contributed by atoms with E-state index in [1.54, 1.807) is 0 Å². The first kappa shape index (κ1) is 30.5. The van der Waals surface area contributed by atoms with Crippen molar-refractivity contribution in [3.63, 3.8) is 0 Å². The molecule has 0 aliphatic carbocycles. The highest BCUT2D eigenvalue weighted by molar-refractivity contribution is 6.23. The van der Waals surface area contributed by atoms with Gasteiger partial charge in [0.25, 0.3) is 0 Å². The van der Waals surface area contributed by atoms with E-state index in [4.69, 9.17) is 4.42 Å². The molecule has 0 amide bonds. The van der Waals surface area contributed by atoms with Gasteiger partial charge in [-0.15, -0.1) is 0 Å². The number of fused-ring (bicyclic) bond motifs is 10. The first-order chi connectivity index (χ1) is 26.8. The first-order valence-corrected chi connectivity index (χ1v) is 18.5. The van der Waals surface area contributed by atoms with Crippen molar-refractivity contribution in [2.24, 2.45) is 0 Å². The average molecular weight is 688 g/mol. The Morgan fingerprint density at radius 2 is 0.944 bits per heavy atom. The van der Waals surface area contributed by atoms with E-state index in [0.717, 1.165) is 44.6 Å². The highest BCUT2D eigenvalue weighted by Crippen LogP contribution is 2.45. The van der Waals surface area contributed by atoms with E-state index in [0.29, 0.717) is 0 Å². The second kappa shape index (κ2) is 12.2. The molecule has 0 bridgehead atoms. The number of benzene rings is 10. The Balaban J connectivity index is 1.11. The van der Waals surface area contributed by atoms with E-state index in [-0.39, 0.29) is 0 Å². The molecular weight excluding hydrogens is 655 g/mol. The Hall–Kier alpha value is -7.16. The molecule has 0 spiro atoms. The predicted molar refractivity (Wildman–Crippen MR) is 229 cm³/mol. The van der Waals surface area contributed by atoms with E-state index in [1.807, 2.05) is 0 Å². The predicted octanol–water partition coefficient (Wildman–Crippen LogP) is 15.0. The third kappa shape index (κ3) is 4.81. The van der Waals surface area contributed by atoms with Crippen LogP contribution >= 0.6 is 0 Å². The zero-order valence-electron chi connectivity index (χ0n) is 29.4. The smallest absolute Gasteiger partial charge is 0.159 e. The molecule has 0 aliphatic rings. The second-order valence-electron chi connectivity index (χ2n) is 14.1. The highest BCUT2D eigenvalue weighted by atomic mass is 16.3. The van der Waals surface area contributed by atoms with Crippen LogP contribution in [0.25, 0.3) is 87.3 Å². The fourth-order valence-electron chi connectivity index (χ4n) is 8.52. The lowest BCUT2D eigenvalue weighted by Gasteiger charge is -2.26. The molecule has 54 heavy (non-hydrogen) atoms. The van der Waals surface area contributed by atoms with Crippen molar-refractivity contribution >= 4 is 82.1 Å². The molecule has 0 atom stereocenters. The molecule has 0 saturated heterocycles. The van der Waals surface area contributed by atoms with Crippen molar-refractivity contribution in [2.75, 3.05) is 4.90 Å². The van der Waals surface area contributed by atoms with Gasteiger partial charge in [-0.1, -0.05) is 158 Å². The van der Waals surface area contributed by atoms with Crippen LogP contribution < -0.4 is 4.90 Å². The van der Waals surface area contributed by atoms with Crippen molar-refractivity contribution in [1.29, 1.82) is 0 Å². The average Bonchev–Trinajstić information content (AvgIpc) is 3.64. The number of hydrogen-bond donors (Lipinski definition) is 0. The summed E-state index contributed by atoms with van der Waals surface area (Å²) in [5.74, 6) is 0. The summed E-state index contributed by atoms with van der Waals surface area (Å²) in [6, 6.07) is 72.1. The van der Waals surface area contributed by atoms with E-state index in [9.17, 15) is 0 Å². The van der Waals surface area contributed by atoms with Gasteiger partial charge in [-0.25, -0.2) is 0 Å². The van der Waals surface area contributed by atoms with Crippen LogP contribution in [0.5, 0.6) is 0 Å². The SMILES string of the molecule is c1ccc(-c2cccc(N(c3ccc(-c4cc5ccc6ccccc6c5c5ccccc45)cc3)c3cccc4c3oc3ccc5ccccc5c34)c2)cc1. The van der Waals surface area contributed by atoms with Crippen LogP contribution in [-0.4, -0.2) is 0 Å². The minimum absolute atomic E-state index is 0.866. The lowest BCUT2D eigenvalue weighted by molar-refractivity contribution is 0.669. The zero-order chi connectivity index (χ0) is 35.6. The van der Waals surface area contributed by atoms with Crippen molar-refractivity contribution in [3.05, 3.63) is 200 Å². The maximum absolute atomic E-state index is 6.80. The molecule has 0 saturated carbocycles. The van der Waals surface area contributed by atoms with Crippen LogP contribution in [-0.2, 0) is 0 Å².